The largest absolute Gasteiger partial charge is 0.148 e. The van der Waals surface area contributed by atoms with Crippen molar-refractivity contribution < 1.29 is 0 Å². The lowest BCUT2D eigenvalue weighted by atomic mass is 10.9. The van der Waals surface area contributed by atoms with Gasteiger partial charge in [0.25, 0.3) is 0 Å². The van der Waals surface area contributed by atoms with Crippen molar-refractivity contribution in [2.75, 3.05) is 12.5 Å². The van der Waals surface area contributed by atoms with Crippen LogP contribution in [0.4, 0.5) is 0 Å². The van der Waals surface area contributed by atoms with Crippen molar-refractivity contribution in [2.24, 2.45) is 10.2 Å². The number of nitrogens with zero attached hydrogens (tertiary/aromatic N) is 2. The molecule has 0 heterocycles. The third-order valence-electron chi connectivity index (χ3n) is 0.922. The molecule has 0 saturated heterocycles. The molecular weight excluding hydrogens is 164 g/mol. The van der Waals surface area contributed by atoms with Crippen molar-refractivity contribution in [3.05, 3.63) is 0 Å². The molecule has 0 unspecified atom stereocenters. The van der Waals surface area contributed by atoms with E-state index >= 15 is 0 Å². The van der Waals surface area contributed by atoms with Crippen LogP contribution in [-0.2, 0) is 0 Å². The highest BCUT2D eigenvalue weighted by molar-refractivity contribution is 8.13. The second kappa shape index (κ2) is 5.80. The van der Waals surface area contributed by atoms with E-state index in [1.54, 1.807) is 23.5 Å². The normalized spacial score (nSPS) is 14.0. The summed E-state index contributed by atoms with van der Waals surface area (Å²) in [6.45, 7) is 3.89. The van der Waals surface area contributed by atoms with Crippen molar-refractivity contribution >= 4 is 33.6 Å². The van der Waals surface area contributed by atoms with Crippen molar-refractivity contribution in [2.45, 2.75) is 13.8 Å². The van der Waals surface area contributed by atoms with Gasteiger partial charge < -0.3 is 0 Å². The zero-order chi connectivity index (χ0) is 7.98. The Labute approximate surface area is 70.6 Å². The lowest BCUT2D eigenvalue weighted by molar-refractivity contribution is 1.25. The molecule has 0 radical (unpaired) electrons. The molecule has 58 valence electrons. The molecule has 0 bridgehead atoms. The molecule has 0 aromatic carbocycles. The minimum absolute atomic E-state index is 0.994. The van der Waals surface area contributed by atoms with Gasteiger partial charge in [-0.1, -0.05) is 0 Å². The quantitative estimate of drug-likeness (QED) is 0.348. The maximum atomic E-state index is 3.96. The Kier molecular flexibility index (Phi) is 5.82. The Hall–Kier alpha value is 0.0400. The summed E-state index contributed by atoms with van der Waals surface area (Å²) in [5.41, 5.74) is 0. The highest BCUT2D eigenvalue weighted by atomic mass is 32.2. The summed E-state index contributed by atoms with van der Waals surface area (Å²) in [5, 5.41) is 9.91. The summed E-state index contributed by atoms with van der Waals surface area (Å²) in [5.74, 6) is 0. The van der Waals surface area contributed by atoms with Gasteiger partial charge in [-0.05, 0) is 26.4 Å². The minimum Gasteiger partial charge on any atom is -0.148 e. The van der Waals surface area contributed by atoms with E-state index in [1.807, 2.05) is 26.4 Å². The Bertz CT molecular complexity index is 134. The topological polar surface area (TPSA) is 24.7 Å². The van der Waals surface area contributed by atoms with E-state index in [1.165, 1.54) is 0 Å². The Morgan fingerprint density at radius 2 is 1.20 bits per heavy atom. The molecule has 0 N–H and O–H groups in total. The van der Waals surface area contributed by atoms with Crippen LogP contribution in [0, 0.1) is 0 Å². The molecule has 10 heavy (non-hydrogen) atoms. The molecule has 0 aromatic rings. The Morgan fingerprint density at radius 1 is 0.900 bits per heavy atom. The lowest BCUT2D eigenvalue weighted by Crippen LogP contribution is -1.82. The summed E-state index contributed by atoms with van der Waals surface area (Å²) in [6.07, 6.45) is 3.98. The molecular formula is C6H12N2S2. The minimum atomic E-state index is 0.994. The maximum absolute atomic E-state index is 3.96. The number of thioether (sulfide) groups is 2. The van der Waals surface area contributed by atoms with Crippen LogP contribution in [0.25, 0.3) is 0 Å². The van der Waals surface area contributed by atoms with Crippen LogP contribution in [0.1, 0.15) is 13.8 Å². The molecule has 0 spiro atoms. The van der Waals surface area contributed by atoms with E-state index in [9.17, 15) is 0 Å². The first-order chi connectivity index (χ1) is 4.70. The smallest absolute Gasteiger partial charge is 0.0925 e. The van der Waals surface area contributed by atoms with Gasteiger partial charge >= 0.3 is 0 Å². The van der Waals surface area contributed by atoms with Gasteiger partial charge in [0.15, 0.2) is 0 Å². The van der Waals surface area contributed by atoms with E-state index in [0.29, 0.717) is 0 Å². The number of rotatable bonds is 1. The van der Waals surface area contributed by atoms with Gasteiger partial charge in [0.2, 0.25) is 0 Å². The van der Waals surface area contributed by atoms with Gasteiger partial charge in [-0.25, -0.2) is 0 Å². The van der Waals surface area contributed by atoms with Crippen LogP contribution in [0.2, 0.25) is 0 Å². The van der Waals surface area contributed by atoms with Crippen molar-refractivity contribution in [1.82, 2.24) is 0 Å². The molecule has 0 fully saturated rings. The zero-order valence-corrected chi connectivity index (χ0v) is 8.34. The molecule has 0 aliphatic heterocycles. The number of hydrogen-bond donors (Lipinski definition) is 0. The molecule has 0 rings (SSSR count). The summed E-state index contributed by atoms with van der Waals surface area (Å²) in [6, 6.07) is 0. The van der Waals surface area contributed by atoms with Gasteiger partial charge in [-0.2, -0.15) is 0 Å². The third kappa shape index (κ3) is 4.88. The molecule has 0 aromatic heterocycles. The molecule has 0 aliphatic rings. The SMILES string of the molecule is CS/C(C)=N\N=C(\C)SC. The average Bonchev–Trinajstić information content (AvgIpc) is 1.99. The van der Waals surface area contributed by atoms with E-state index in [0.717, 1.165) is 10.1 Å². The summed E-state index contributed by atoms with van der Waals surface area (Å²) in [7, 11) is 0. The van der Waals surface area contributed by atoms with Gasteiger partial charge in [0.05, 0.1) is 10.1 Å². The Balaban J connectivity index is 3.91. The Morgan fingerprint density at radius 3 is 1.40 bits per heavy atom. The predicted molar refractivity (Wildman–Crippen MR) is 53.2 cm³/mol. The van der Waals surface area contributed by atoms with Crippen LogP contribution >= 0.6 is 23.5 Å². The summed E-state index contributed by atoms with van der Waals surface area (Å²) < 4.78 is 0. The first-order valence-electron chi connectivity index (χ1n) is 2.87. The maximum Gasteiger partial charge on any atom is 0.0925 e. The molecule has 0 aliphatic carbocycles. The van der Waals surface area contributed by atoms with E-state index < -0.39 is 0 Å². The molecule has 4 heteroatoms. The highest BCUT2D eigenvalue weighted by Gasteiger charge is 1.85. The predicted octanol–water partition coefficient (Wildman–Crippen LogP) is 2.46. The van der Waals surface area contributed by atoms with Gasteiger partial charge in [-0.3, -0.25) is 0 Å². The fourth-order valence-electron chi connectivity index (χ4n) is 0.222. The van der Waals surface area contributed by atoms with Gasteiger partial charge in [-0.15, -0.1) is 33.7 Å². The van der Waals surface area contributed by atoms with Crippen molar-refractivity contribution in [3.63, 3.8) is 0 Å². The van der Waals surface area contributed by atoms with Gasteiger partial charge in [0.1, 0.15) is 0 Å². The zero-order valence-electron chi connectivity index (χ0n) is 6.71. The first-order valence-corrected chi connectivity index (χ1v) is 5.32. The lowest BCUT2D eigenvalue weighted by Gasteiger charge is -1.90. The van der Waals surface area contributed by atoms with E-state index in [4.69, 9.17) is 0 Å². The molecule has 2 nitrogen and oxygen atoms in total. The average molecular weight is 176 g/mol. The monoisotopic (exact) mass is 176 g/mol. The van der Waals surface area contributed by atoms with Crippen LogP contribution in [0.5, 0.6) is 0 Å². The van der Waals surface area contributed by atoms with Crippen LogP contribution in [0.3, 0.4) is 0 Å². The fourth-order valence-corrected chi connectivity index (χ4v) is 0.467. The van der Waals surface area contributed by atoms with E-state index in [2.05, 4.69) is 10.2 Å². The standard InChI is InChI=1S/C6H12N2S2/c1-5(9-3)7-8-6(2)10-4/h1-4H3/b7-5-,8-6-. The van der Waals surface area contributed by atoms with Crippen LogP contribution < -0.4 is 0 Å². The van der Waals surface area contributed by atoms with Crippen molar-refractivity contribution in [1.29, 1.82) is 0 Å². The molecule has 0 saturated carbocycles. The third-order valence-corrected chi connectivity index (χ3v) is 2.27. The second-order valence-corrected chi connectivity index (χ2v) is 3.64. The summed E-state index contributed by atoms with van der Waals surface area (Å²) in [4.78, 5) is 0. The van der Waals surface area contributed by atoms with Gasteiger partial charge in [0, 0.05) is 0 Å². The second-order valence-electron chi connectivity index (χ2n) is 1.65. The summed E-state index contributed by atoms with van der Waals surface area (Å²) >= 11 is 3.22. The first kappa shape index (κ1) is 10.0. The van der Waals surface area contributed by atoms with Crippen LogP contribution in [-0.4, -0.2) is 22.6 Å². The highest BCUT2D eigenvalue weighted by Crippen LogP contribution is 2.00. The van der Waals surface area contributed by atoms with E-state index in [-0.39, 0.29) is 0 Å². The molecule has 0 amide bonds. The van der Waals surface area contributed by atoms with Crippen molar-refractivity contribution in [3.8, 4) is 0 Å². The number of hydrogen-bond acceptors (Lipinski definition) is 4. The fraction of sp³-hybridized carbons (Fsp3) is 0.667. The van der Waals surface area contributed by atoms with Crippen LogP contribution in [0.15, 0.2) is 10.2 Å². The molecule has 0 atom stereocenters.